The molecule has 3 rings (SSSR count). The molecule has 1 aromatic heterocycles. The van der Waals surface area contributed by atoms with Gasteiger partial charge in [0, 0.05) is 24.8 Å². The predicted octanol–water partition coefficient (Wildman–Crippen LogP) is 2.44. The van der Waals surface area contributed by atoms with Gasteiger partial charge in [0.2, 0.25) is 0 Å². The molecule has 2 heterocycles. The van der Waals surface area contributed by atoms with Crippen LogP contribution in [0.2, 0.25) is 0 Å². The first kappa shape index (κ1) is 20.5. The Morgan fingerprint density at radius 2 is 1.86 bits per heavy atom. The van der Waals surface area contributed by atoms with Crippen LogP contribution in [0.25, 0.3) is 0 Å². The number of nitrogens with zero attached hydrogens (tertiary/aromatic N) is 1. The summed E-state index contributed by atoms with van der Waals surface area (Å²) in [7, 11) is -3.52. The molecule has 0 spiro atoms. The van der Waals surface area contributed by atoms with Crippen LogP contribution in [-0.4, -0.2) is 43.7 Å². The van der Waals surface area contributed by atoms with Crippen LogP contribution in [-0.2, 0) is 19.6 Å². The highest BCUT2D eigenvalue weighted by molar-refractivity contribution is 7.91. The predicted molar refractivity (Wildman–Crippen MR) is 109 cm³/mol. The van der Waals surface area contributed by atoms with Crippen molar-refractivity contribution in [2.75, 3.05) is 18.4 Å². The molecule has 0 radical (unpaired) electrons. The molecule has 1 aromatic carbocycles. The number of amides is 2. The summed E-state index contributed by atoms with van der Waals surface area (Å²) in [6, 6.07) is 11.9. The standard InChI is InChI=1S/C19H23N3O4S2/c23-18(19(24)21-15-7-2-1-3-8-15)20-12-11-16-9-4-5-13-22(16)28(25,26)17-10-6-14-27-17/h1-3,6-8,10,14,16H,4-5,9,11-13H2,(H,20,23)(H,21,24)/t16-/m1/s1. The van der Waals surface area contributed by atoms with Crippen molar-refractivity contribution in [3.05, 3.63) is 47.8 Å². The maximum absolute atomic E-state index is 12.9. The molecule has 1 aliphatic rings. The minimum Gasteiger partial charge on any atom is -0.348 e. The largest absolute Gasteiger partial charge is 0.348 e. The van der Waals surface area contributed by atoms with Crippen LogP contribution in [0.1, 0.15) is 25.7 Å². The first-order valence-corrected chi connectivity index (χ1v) is 11.5. The van der Waals surface area contributed by atoms with E-state index < -0.39 is 21.8 Å². The topological polar surface area (TPSA) is 95.6 Å². The Bertz CT molecular complexity index is 899. The molecule has 1 fully saturated rings. The fourth-order valence-electron chi connectivity index (χ4n) is 3.25. The number of rotatable bonds is 6. The van der Waals surface area contributed by atoms with Crippen LogP contribution in [0, 0.1) is 0 Å². The second-order valence-corrected chi connectivity index (χ2v) is 9.63. The van der Waals surface area contributed by atoms with E-state index in [0.29, 0.717) is 22.9 Å². The minimum absolute atomic E-state index is 0.182. The average Bonchev–Trinajstić information content (AvgIpc) is 3.25. The van der Waals surface area contributed by atoms with Crippen LogP contribution in [0.15, 0.2) is 52.1 Å². The second-order valence-electron chi connectivity index (χ2n) is 6.56. The Morgan fingerprint density at radius 3 is 2.57 bits per heavy atom. The van der Waals surface area contributed by atoms with Crippen LogP contribution in [0.3, 0.4) is 0 Å². The van der Waals surface area contributed by atoms with Crippen molar-refractivity contribution in [3.63, 3.8) is 0 Å². The van der Waals surface area contributed by atoms with E-state index in [9.17, 15) is 18.0 Å². The van der Waals surface area contributed by atoms with E-state index in [-0.39, 0.29) is 12.6 Å². The van der Waals surface area contributed by atoms with Gasteiger partial charge in [-0.15, -0.1) is 11.3 Å². The van der Waals surface area contributed by atoms with Gasteiger partial charge in [0.1, 0.15) is 4.21 Å². The first-order chi connectivity index (χ1) is 13.5. The third-order valence-corrected chi connectivity index (χ3v) is 7.96. The summed E-state index contributed by atoms with van der Waals surface area (Å²) >= 11 is 1.21. The summed E-state index contributed by atoms with van der Waals surface area (Å²) in [6.45, 7) is 0.718. The summed E-state index contributed by atoms with van der Waals surface area (Å²) in [5.74, 6) is -1.47. The molecule has 0 saturated carbocycles. The summed E-state index contributed by atoms with van der Waals surface area (Å²) in [6.07, 6.45) is 2.99. The van der Waals surface area contributed by atoms with Crippen LogP contribution in [0.5, 0.6) is 0 Å². The van der Waals surface area contributed by atoms with E-state index in [1.165, 1.54) is 11.3 Å². The summed E-state index contributed by atoms with van der Waals surface area (Å²) < 4.78 is 27.6. The summed E-state index contributed by atoms with van der Waals surface area (Å²) in [5.41, 5.74) is 0.545. The molecule has 1 saturated heterocycles. The molecule has 7 nitrogen and oxygen atoms in total. The van der Waals surface area contributed by atoms with Gasteiger partial charge in [-0.3, -0.25) is 9.59 Å². The molecule has 150 valence electrons. The number of nitrogens with one attached hydrogen (secondary N) is 2. The van der Waals surface area contributed by atoms with E-state index >= 15 is 0 Å². The van der Waals surface area contributed by atoms with Crippen LogP contribution in [0.4, 0.5) is 5.69 Å². The molecule has 2 N–H and O–H groups in total. The van der Waals surface area contributed by atoms with E-state index in [0.717, 1.165) is 19.3 Å². The third kappa shape index (κ3) is 4.98. The Hall–Kier alpha value is -2.23. The van der Waals surface area contributed by atoms with Crippen molar-refractivity contribution in [2.45, 2.75) is 35.9 Å². The number of thiophene rings is 1. The fourth-order valence-corrected chi connectivity index (χ4v) is 6.09. The number of carbonyl (C=O) groups excluding carboxylic acids is 2. The Balaban J connectivity index is 1.54. The lowest BCUT2D eigenvalue weighted by atomic mass is 10.0. The van der Waals surface area contributed by atoms with Gasteiger partial charge in [0.25, 0.3) is 10.0 Å². The van der Waals surface area contributed by atoms with Gasteiger partial charge in [-0.2, -0.15) is 4.31 Å². The SMILES string of the molecule is O=C(NCC[C@H]1CCCCN1S(=O)(=O)c1cccs1)C(=O)Nc1ccccc1. The molecule has 2 aromatic rings. The molecular weight excluding hydrogens is 398 g/mol. The number of carbonyl (C=O) groups is 2. The maximum Gasteiger partial charge on any atom is 0.313 e. The first-order valence-electron chi connectivity index (χ1n) is 9.18. The zero-order valence-electron chi connectivity index (χ0n) is 15.3. The number of benzene rings is 1. The molecule has 1 atom stereocenters. The molecule has 0 bridgehead atoms. The Kier molecular flexibility index (Phi) is 6.82. The van der Waals surface area contributed by atoms with E-state index in [1.54, 1.807) is 46.1 Å². The highest BCUT2D eigenvalue weighted by Gasteiger charge is 2.33. The van der Waals surface area contributed by atoms with Gasteiger partial charge in [0.05, 0.1) is 0 Å². The van der Waals surface area contributed by atoms with Crippen molar-refractivity contribution in [2.24, 2.45) is 0 Å². The molecule has 28 heavy (non-hydrogen) atoms. The number of anilines is 1. The lowest BCUT2D eigenvalue weighted by Crippen LogP contribution is -2.45. The molecule has 0 aliphatic carbocycles. The second kappa shape index (κ2) is 9.31. The maximum atomic E-state index is 12.9. The fraction of sp³-hybridized carbons (Fsp3) is 0.368. The van der Waals surface area contributed by atoms with Gasteiger partial charge in [-0.05, 0) is 42.8 Å². The van der Waals surface area contributed by atoms with Crippen molar-refractivity contribution in [1.29, 1.82) is 0 Å². The molecule has 9 heteroatoms. The number of para-hydroxylation sites is 1. The Labute approximate surface area is 168 Å². The number of hydrogen-bond acceptors (Lipinski definition) is 5. The van der Waals surface area contributed by atoms with E-state index in [4.69, 9.17) is 0 Å². The number of sulfonamides is 1. The van der Waals surface area contributed by atoms with Crippen molar-refractivity contribution in [1.82, 2.24) is 9.62 Å². The highest BCUT2D eigenvalue weighted by atomic mass is 32.2. The molecular formula is C19H23N3O4S2. The van der Waals surface area contributed by atoms with Crippen LogP contribution >= 0.6 is 11.3 Å². The van der Waals surface area contributed by atoms with Crippen LogP contribution < -0.4 is 10.6 Å². The van der Waals surface area contributed by atoms with Crippen molar-refractivity contribution in [3.8, 4) is 0 Å². The van der Waals surface area contributed by atoms with Crippen molar-refractivity contribution < 1.29 is 18.0 Å². The monoisotopic (exact) mass is 421 g/mol. The Morgan fingerprint density at radius 1 is 1.07 bits per heavy atom. The zero-order chi connectivity index (χ0) is 20.0. The van der Waals surface area contributed by atoms with E-state index in [2.05, 4.69) is 10.6 Å². The molecule has 2 amide bonds. The average molecular weight is 422 g/mol. The van der Waals surface area contributed by atoms with Gasteiger partial charge >= 0.3 is 11.8 Å². The third-order valence-electron chi connectivity index (χ3n) is 4.63. The smallest absolute Gasteiger partial charge is 0.313 e. The van der Waals surface area contributed by atoms with Gasteiger partial charge in [0.15, 0.2) is 0 Å². The summed E-state index contributed by atoms with van der Waals surface area (Å²) in [5, 5.41) is 6.86. The summed E-state index contributed by atoms with van der Waals surface area (Å²) in [4.78, 5) is 23.9. The lowest BCUT2D eigenvalue weighted by Gasteiger charge is -2.34. The zero-order valence-corrected chi connectivity index (χ0v) is 17.0. The highest BCUT2D eigenvalue weighted by Crippen LogP contribution is 2.29. The minimum atomic E-state index is -3.52. The quantitative estimate of drug-likeness (QED) is 0.701. The number of piperidine rings is 1. The number of hydrogen-bond donors (Lipinski definition) is 2. The normalized spacial score (nSPS) is 17.8. The molecule has 1 aliphatic heterocycles. The van der Waals surface area contributed by atoms with Gasteiger partial charge < -0.3 is 10.6 Å². The van der Waals surface area contributed by atoms with E-state index in [1.807, 2.05) is 6.07 Å². The lowest BCUT2D eigenvalue weighted by molar-refractivity contribution is -0.136. The van der Waals surface area contributed by atoms with Gasteiger partial charge in [-0.25, -0.2) is 8.42 Å². The molecule has 0 unspecified atom stereocenters. The van der Waals surface area contributed by atoms with Gasteiger partial charge in [-0.1, -0.05) is 30.7 Å². The van der Waals surface area contributed by atoms with Crippen molar-refractivity contribution >= 4 is 38.9 Å².